The maximum absolute atomic E-state index is 13.1. The molecule has 4 heteroatoms. The minimum Gasteiger partial charge on any atom is -0.507 e. The molecule has 0 bridgehead atoms. The number of aryl methyl sites for hydroxylation is 1. The molecular formula is C23H22ClNO2. The second-order valence-corrected chi connectivity index (χ2v) is 7.39. The van der Waals surface area contributed by atoms with Gasteiger partial charge in [0.25, 0.3) is 0 Å². The smallest absolute Gasteiger partial charge is 0.231 e. The molecule has 0 saturated heterocycles. The molecule has 4 rings (SSSR count). The summed E-state index contributed by atoms with van der Waals surface area (Å²) in [4.78, 5) is 14.9. The highest BCUT2D eigenvalue weighted by atomic mass is 35.5. The van der Waals surface area contributed by atoms with Crippen LogP contribution in [0.4, 0.5) is 5.69 Å². The number of fused-ring (bicyclic) bond motifs is 3. The Morgan fingerprint density at radius 1 is 1.11 bits per heavy atom. The number of carbonyl (C=O) groups is 1. The second-order valence-electron chi connectivity index (χ2n) is 7.08. The van der Waals surface area contributed by atoms with E-state index in [-0.39, 0.29) is 17.6 Å². The van der Waals surface area contributed by atoms with Gasteiger partial charge in [-0.2, -0.15) is 0 Å². The van der Waals surface area contributed by atoms with Gasteiger partial charge in [0.2, 0.25) is 5.91 Å². The van der Waals surface area contributed by atoms with Gasteiger partial charge < -0.3 is 10.0 Å². The number of rotatable bonds is 4. The minimum absolute atomic E-state index is 0.0341. The van der Waals surface area contributed by atoms with E-state index in [1.807, 2.05) is 36.4 Å². The Balaban J connectivity index is 1.73. The molecule has 1 atom stereocenters. The van der Waals surface area contributed by atoms with Crippen molar-refractivity contribution in [2.45, 2.75) is 25.7 Å². The number of benzene rings is 3. The Labute approximate surface area is 164 Å². The number of hydrogen-bond donors (Lipinski definition) is 1. The standard InChI is InChI=1S/C23H22ClNO2/c1-2-15-6-5-7-16(10-15)11-22(27)25-14-17(13-24)23-19-9-4-3-8-18(19)21(26)12-20(23)25/h3-10,12,17,26H,2,11,13-14H2,1H3. The van der Waals surface area contributed by atoms with Crippen molar-refractivity contribution >= 4 is 34.0 Å². The molecule has 3 aromatic carbocycles. The molecule has 0 spiro atoms. The average molecular weight is 380 g/mol. The third kappa shape index (κ3) is 3.17. The highest BCUT2D eigenvalue weighted by Crippen LogP contribution is 2.45. The summed E-state index contributed by atoms with van der Waals surface area (Å²) in [6.45, 7) is 2.66. The quantitative estimate of drug-likeness (QED) is 0.646. The number of hydrogen-bond acceptors (Lipinski definition) is 2. The van der Waals surface area contributed by atoms with Crippen LogP contribution in [0, 0.1) is 0 Å². The van der Waals surface area contributed by atoms with Gasteiger partial charge in [0.1, 0.15) is 5.75 Å². The van der Waals surface area contributed by atoms with E-state index in [2.05, 4.69) is 19.1 Å². The molecule has 1 heterocycles. The number of alkyl halides is 1. The number of nitrogens with zero attached hydrogens (tertiary/aromatic N) is 1. The Hall–Kier alpha value is -2.52. The summed E-state index contributed by atoms with van der Waals surface area (Å²) in [5.74, 6) is 0.742. The Kier molecular flexibility index (Phi) is 4.79. The molecule has 138 valence electrons. The molecule has 0 radical (unpaired) electrons. The van der Waals surface area contributed by atoms with E-state index in [4.69, 9.17) is 11.6 Å². The van der Waals surface area contributed by atoms with Crippen molar-refractivity contribution in [3.05, 3.63) is 71.3 Å². The molecular weight excluding hydrogens is 358 g/mol. The molecule has 0 saturated carbocycles. The monoisotopic (exact) mass is 379 g/mol. The lowest BCUT2D eigenvalue weighted by Crippen LogP contribution is -2.31. The summed E-state index contributed by atoms with van der Waals surface area (Å²) in [6.07, 6.45) is 1.29. The molecule has 1 unspecified atom stereocenters. The summed E-state index contributed by atoms with van der Waals surface area (Å²) in [5, 5.41) is 12.3. The molecule has 0 fully saturated rings. The van der Waals surface area contributed by atoms with Crippen LogP contribution in [0.1, 0.15) is 29.5 Å². The largest absolute Gasteiger partial charge is 0.507 e. The number of carbonyl (C=O) groups excluding carboxylic acids is 1. The zero-order valence-electron chi connectivity index (χ0n) is 15.3. The Morgan fingerprint density at radius 3 is 2.59 bits per heavy atom. The fourth-order valence-corrected chi connectivity index (χ4v) is 4.27. The van der Waals surface area contributed by atoms with E-state index in [1.165, 1.54) is 5.56 Å². The van der Waals surface area contributed by atoms with E-state index in [0.717, 1.165) is 34.0 Å². The first-order valence-electron chi connectivity index (χ1n) is 9.31. The second kappa shape index (κ2) is 7.24. The first kappa shape index (κ1) is 17.9. The normalized spacial score (nSPS) is 15.9. The Bertz CT molecular complexity index is 1010. The first-order valence-corrected chi connectivity index (χ1v) is 9.84. The predicted octanol–water partition coefficient (Wildman–Crippen LogP) is 5.02. The van der Waals surface area contributed by atoms with Gasteiger partial charge in [-0.05, 0) is 28.5 Å². The summed E-state index contributed by atoms with van der Waals surface area (Å²) < 4.78 is 0. The number of anilines is 1. The number of aromatic hydroxyl groups is 1. The van der Waals surface area contributed by atoms with Crippen LogP contribution in [0.2, 0.25) is 0 Å². The molecule has 0 aliphatic carbocycles. The Morgan fingerprint density at radius 2 is 1.85 bits per heavy atom. The van der Waals surface area contributed by atoms with Gasteiger partial charge in [-0.25, -0.2) is 0 Å². The van der Waals surface area contributed by atoms with Crippen LogP contribution in [0.5, 0.6) is 5.75 Å². The fraction of sp³-hybridized carbons (Fsp3) is 0.261. The maximum atomic E-state index is 13.1. The third-order valence-corrected chi connectivity index (χ3v) is 5.76. The van der Waals surface area contributed by atoms with Crippen molar-refractivity contribution in [3.8, 4) is 5.75 Å². The number of phenolic OH excluding ortho intramolecular Hbond substituents is 1. The SMILES string of the molecule is CCc1cccc(CC(=O)N2CC(CCl)c3c2cc(O)c2ccccc32)c1. The van der Waals surface area contributed by atoms with E-state index in [0.29, 0.717) is 18.8 Å². The fourth-order valence-electron chi connectivity index (χ4n) is 4.02. The van der Waals surface area contributed by atoms with Gasteiger partial charge in [0, 0.05) is 29.8 Å². The highest BCUT2D eigenvalue weighted by Gasteiger charge is 2.34. The van der Waals surface area contributed by atoms with Crippen LogP contribution in [0.3, 0.4) is 0 Å². The molecule has 1 aliphatic heterocycles. The maximum Gasteiger partial charge on any atom is 0.231 e. The predicted molar refractivity (Wildman–Crippen MR) is 111 cm³/mol. The molecule has 1 N–H and O–H groups in total. The third-order valence-electron chi connectivity index (χ3n) is 5.39. The highest BCUT2D eigenvalue weighted by molar-refractivity contribution is 6.19. The molecule has 3 aromatic rings. The van der Waals surface area contributed by atoms with Crippen molar-refractivity contribution < 1.29 is 9.90 Å². The summed E-state index contributed by atoms with van der Waals surface area (Å²) in [7, 11) is 0. The van der Waals surface area contributed by atoms with Crippen LogP contribution < -0.4 is 4.90 Å². The lowest BCUT2D eigenvalue weighted by Gasteiger charge is -2.18. The lowest BCUT2D eigenvalue weighted by atomic mass is 9.95. The van der Waals surface area contributed by atoms with Gasteiger partial charge in [-0.15, -0.1) is 11.6 Å². The molecule has 1 aliphatic rings. The molecule has 0 aromatic heterocycles. The van der Waals surface area contributed by atoms with E-state index in [1.54, 1.807) is 11.0 Å². The topological polar surface area (TPSA) is 40.5 Å². The van der Waals surface area contributed by atoms with Crippen LogP contribution >= 0.6 is 11.6 Å². The van der Waals surface area contributed by atoms with Crippen molar-refractivity contribution in [2.75, 3.05) is 17.3 Å². The number of halogens is 1. The van der Waals surface area contributed by atoms with Crippen molar-refractivity contribution in [1.29, 1.82) is 0 Å². The van der Waals surface area contributed by atoms with E-state index >= 15 is 0 Å². The van der Waals surface area contributed by atoms with E-state index < -0.39 is 0 Å². The molecule has 27 heavy (non-hydrogen) atoms. The van der Waals surface area contributed by atoms with Gasteiger partial charge in [-0.3, -0.25) is 4.79 Å². The lowest BCUT2D eigenvalue weighted by molar-refractivity contribution is -0.117. The number of amides is 1. The van der Waals surface area contributed by atoms with Crippen LogP contribution in [0.15, 0.2) is 54.6 Å². The number of phenols is 1. The zero-order chi connectivity index (χ0) is 19.0. The van der Waals surface area contributed by atoms with Gasteiger partial charge in [0.15, 0.2) is 0 Å². The van der Waals surface area contributed by atoms with Gasteiger partial charge in [-0.1, -0.05) is 55.5 Å². The van der Waals surface area contributed by atoms with Crippen molar-refractivity contribution in [2.24, 2.45) is 0 Å². The van der Waals surface area contributed by atoms with Crippen LogP contribution in [0.25, 0.3) is 10.8 Å². The summed E-state index contributed by atoms with van der Waals surface area (Å²) in [5.41, 5.74) is 4.09. The van der Waals surface area contributed by atoms with Gasteiger partial charge in [0.05, 0.1) is 12.1 Å². The van der Waals surface area contributed by atoms with Gasteiger partial charge >= 0.3 is 0 Å². The van der Waals surface area contributed by atoms with Crippen LogP contribution in [-0.4, -0.2) is 23.4 Å². The summed E-state index contributed by atoms with van der Waals surface area (Å²) >= 11 is 6.25. The first-order chi connectivity index (χ1) is 13.1. The van der Waals surface area contributed by atoms with Crippen molar-refractivity contribution in [3.63, 3.8) is 0 Å². The summed E-state index contributed by atoms with van der Waals surface area (Å²) in [6, 6.07) is 17.6. The van der Waals surface area contributed by atoms with E-state index in [9.17, 15) is 9.90 Å². The average Bonchev–Trinajstić information content (AvgIpc) is 3.07. The van der Waals surface area contributed by atoms with Crippen LogP contribution in [-0.2, 0) is 17.6 Å². The molecule has 1 amide bonds. The zero-order valence-corrected chi connectivity index (χ0v) is 16.0. The minimum atomic E-state index is 0.0341. The molecule has 3 nitrogen and oxygen atoms in total. The van der Waals surface area contributed by atoms with Crippen molar-refractivity contribution in [1.82, 2.24) is 0 Å².